The molecule has 3 nitrogen and oxygen atoms in total. The summed E-state index contributed by atoms with van der Waals surface area (Å²) in [6.07, 6.45) is 3.12. The first kappa shape index (κ1) is 10.8. The maximum absolute atomic E-state index is 9.57. The smallest absolute Gasteiger partial charge is 0.0544 e. The molecule has 0 spiro atoms. The molecule has 15 heavy (non-hydrogen) atoms. The Morgan fingerprint density at radius 2 is 2.00 bits per heavy atom. The Kier molecular flexibility index (Phi) is 3.51. The lowest BCUT2D eigenvalue weighted by Crippen LogP contribution is -2.33. The van der Waals surface area contributed by atoms with E-state index < -0.39 is 0 Å². The van der Waals surface area contributed by atoms with Crippen LogP contribution in [0.1, 0.15) is 12.0 Å². The van der Waals surface area contributed by atoms with Crippen LogP contribution in [-0.4, -0.2) is 29.7 Å². The molecule has 0 aliphatic carbocycles. The molecule has 1 N–H and O–H groups in total. The fraction of sp³-hybridized carbons (Fsp3) is 0.455. The summed E-state index contributed by atoms with van der Waals surface area (Å²) in [5.41, 5.74) is 2.40. The van der Waals surface area contributed by atoms with Crippen LogP contribution in [0, 0.1) is 0 Å². The predicted octanol–water partition coefficient (Wildman–Crippen LogP) is 2.37. The lowest BCUT2D eigenvalue weighted by atomic mass is 10.2. The maximum Gasteiger partial charge on any atom is 0.0544 e. The Morgan fingerprint density at radius 1 is 1.27 bits per heavy atom. The highest BCUT2D eigenvalue weighted by molar-refractivity contribution is 7.97. The van der Waals surface area contributed by atoms with E-state index in [0.29, 0.717) is 0 Å². The summed E-state index contributed by atoms with van der Waals surface area (Å²) < 4.78 is 0. The van der Waals surface area contributed by atoms with Gasteiger partial charge in [-0.3, -0.25) is 10.2 Å². The van der Waals surface area contributed by atoms with E-state index in [-0.39, 0.29) is 0 Å². The minimum absolute atomic E-state index is 0.729. The molecule has 1 aliphatic rings. The molecule has 0 saturated carbocycles. The molecule has 1 aromatic carbocycles. The van der Waals surface area contributed by atoms with E-state index in [1.165, 1.54) is 10.7 Å². The number of hydrogen-bond acceptors (Lipinski definition) is 4. The van der Waals surface area contributed by atoms with Gasteiger partial charge in [0, 0.05) is 18.8 Å². The predicted molar refractivity (Wildman–Crippen MR) is 64.1 cm³/mol. The van der Waals surface area contributed by atoms with E-state index in [2.05, 4.69) is 30.5 Å². The normalized spacial score (nSPS) is 17.3. The van der Waals surface area contributed by atoms with Crippen molar-refractivity contribution in [2.45, 2.75) is 12.2 Å². The van der Waals surface area contributed by atoms with E-state index in [4.69, 9.17) is 0 Å². The van der Waals surface area contributed by atoms with Crippen molar-refractivity contribution in [2.24, 2.45) is 0 Å². The molecule has 1 fully saturated rings. The number of hydrazine groups is 1. The van der Waals surface area contributed by atoms with Crippen molar-refractivity contribution >= 4 is 17.4 Å². The summed E-state index contributed by atoms with van der Waals surface area (Å²) >= 11 is 1.82. The number of anilines is 1. The number of rotatable bonds is 3. The van der Waals surface area contributed by atoms with Crippen LogP contribution in [0.2, 0.25) is 0 Å². The van der Waals surface area contributed by atoms with Gasteiger partial charge in [0.05, 0.1) is 5.69 Å². The number of hydrogen-bond donors (Lipinski definition) is 1. The van der Waals surface area contributed by atoms with Gasteiger partial charge < -0.3 is 0 Å². The van der Waals surface area contributed by atoms with Gasteiger partial charge in [0.1, 0.15) is 0 Å². The molecule has 1 saturated heterocycles. The van der Waals surface area contributed by atoms with Crippen LogP contribution in [0.15, 0.2) is 24.3 Å². The van der Waals surface area contributed by atoms with Gasteiger partial charge in [-0.2, -0.15) is 11.8 Å². The quantitative estimate of drug-likeness (QED) is 0.852. The molecule has 1 aromatic rings. The molecule has 4 heteroatoms. The third kappa shape index (κ3) is 2.45. The number of hydroxylamine groups is 1. The average Bonchev–Trinajstić information content (AvgIpc) is 2.66. The maximum atomic E-state index is 9.57. The summed E-state index contributed by atoms with van der Waals surface area (Å²) in [6, 6.07) is 8.39. The van der Waals surface area contributed by atoms with Crippen molar-refractivity contribution in [2.75, 3.05) is 24.4 Å². The molecule has 82 valence electrons. The second-order valence-corrected chi connectivity index (χ2v) is 4.54. The van der Waals surface area contributed by atoms with Crippen molar-refractivity contribution < 1.29 is 5.21 Å². The lowest BCUT2D eigenvalue weighted by molar-refractivity contribution is -0.0796. The molecule has 0 unspecified atom stereocenters. The minimum Gasteiger partial charge on any atom is -0.294 e. The second-order valence-electron chi connectivity index (χ2n) is 3.67. The fourth-order valence-corrected chi connectivity index (χ4v) is 2.32. The molecule has 1 aliphatic heterocycles. The zero-order valence-corrected chi connectivity index (χ0v) is 9.70. The van der Waals surface area contributed by atoms with Crippen LogP contribution in [0.5, 0.6) is 0 Å². The van der Waals surface area contributed by atoms with Crippen molar-refractivity contribution in [1.82, 2.24) is 5.17 Å². The Labute approximate surface area is 94.6 Å². The summed E-state index contributed by atoms with van der Waals surface area (Å²) in [6.45, 7) is 1.63. The van der Waals surface area contributed by atoms with Gasteiger partial charge >= 0.3 is 0 Å². The van der Waals surface area contributed by atoms with E-state index in [9.17, 15) is 5.21 Å². The van der Waals surface area contributed by atoms with Crippen LogP contribution in [-0.2, 0) is 5.75 Å². The summed E-state index contributed by atoms with van der Waals surface area (Å²) in [7, 11) is 0. The van der Waals surface area contributed by atoms with Gasteiger partial charge in [-0.15, -0.1) is 5.17 Å². The molecular formula is C11H16N2OS. The zero-order chi connectivity index (χ0) is 10.7. The third-order valence-electron chi connectivity index (χ3n) is 2.55. The Balaban J connectivity index is 2.09. The highest BCUT2D eigenvalue weighted by Crippen LogP contribution is 2.21. The second kappa shape index (κ2) is 4.88. The average molecular weight is 224 g/mol. The van der Waals surface area contributed by atoms with Crippen LogP contribution in [0.3, 0.4) is 0 Å². The van der Waals surface area contributed by atoms with Crippen molar-refractivity contribution in [3.63, 3.8) is 0 Å². The molecule has 0 aromatic heterocycles. The van der Waals surface area contributed by atoms with Gasteiger partial charge in [0.2, 0.25) is 0 Å². The van der Waals surface area contributed by atoms with E-state index in [1.54, 1.807) is 0 Å². The summed E-state index contributed by atoms with van der Waals surface area (Å²) in [5.74, 6) is 1.04. The van der Waals surface area contributed by atoms with Crippen molar-refractivity contribution in [3.05, 3.63) is 29.8 Å². The number of nitrogens with zero attached hydrogens (tertiary/aromatic N) is 2. The highest BCUT2D eigenvalue weighted by Gasteiger charge is 2.19. The number of thioether (sulfide) groups is 1. The van der Waals surface area contributed by atoms with Gasteiger partial charge in [-0.25, -0.2) is 0 Å². The standard InChI is InChI=1S/C11H16N2OS/c1-15-9-10-3-5-11(6-4-10)12-7-2-8-13(12)14/h3-6,14H,2,7-9H2,1H3. The summed E-state index contributed by atoms with van der Waals surface area (Å²) in [4.78, 5) is 0. The Hall–Kier alpha value is -0.710. The van der Waals surface area contributed by atoms with Gasteiger partial charge in [0.25, 0.3) is 0 Å². The first-order valence-electron chi connectivity index (χ1n) is 5.13. The van der Waals surface area contributed by atoms with Crippen LogP contribution in [0.4, 0.5) is 5.69 Å². The molecule has 0 bridgehead atoms. The van der Waals surface area contributed by atoms with Crippen molar-refractivity contribution in [1.29, 1.82) is 0 Å². The first-order valence-corrected chi connectivity index (χ1v) is 6.52. The highest BCUT2D eigenvalue weighted by atomic mass is 32.2. The molecule has 2 rings (SSSR count). The molecule has 0 atom stereocenters. The molecule has 1 heterocycles. The largest absolute Gasteiger partial charge is 0.294 e. The van der Waals surface area contributed by atoms with Crippen LogP contribution >= 0.6 is 11.8 Å². The van der Waals surface area contributed by atoms with Crippen LogP contribution in [0.25, 0.3) is 0 Å². The SMILES string of the molecule is CSCc1ccc(N2CCCN2O)cc1. The van der Waals surface area contributed by atoms with E-state index in [0.717, 1.165) is 31.0 Å². The zero-order valence-electron chi connectivity index (χ0n) is 8.89. The first-order chi connectivity index (χ1) is 7.31. The summed E-state index contributed by atoms with van der Waals surface area (Å²) in [5, 5.41) is 12.8. The van der Waals surface area contributed by atoms with Crippen molar-refractivity contribution in [3.8, 4) is 0 Å². The van der Waals surface area contributed by atoms with E-state index >= 15 is 0 Å². The molecule has 0 radical (unpaired) electrons. The molecular weight excluding hydrogens is 208 g/mol. The molecule has 0 amide bonds. The van der Waals surface area contributed by atoms with Crippen LogP contribution < -0.4 is 5.01 Å². The Bertz CT molecular complexity index is 315. The fourth-order valence-electron chi connectivity index (χ4n) is 1.79. The number of benzene rings is 1. The lowest BCUT2D eigenvalue weighted by Gasteiger charge is -2.24. The topological polar surface area (TPSA) is 26.7 Å². The van der Waals surface area contributed by atoms with Gasteiger partial charge in [-0.1, -0.05) is 12.1 Å². The van der Waals surface area contributed by atoms with E-state index in [1.807, 2.05) is 16.8 Å². The monoisotopic (exact) mass is 224 g/mol. The Morgan fingerprint density at radius 3 is 2.53 bits per heavy atom. The van der Waals surface area contributed by atoms with Gasteiger partial charge in [0.15, 0.2) is 0 Å². The minimum atomic E-state index is 0.729. The third-order valence-corrected chi connectivity index (χ3v) is 3.17. The van der Waals surface area contributed by atoms with Gasteiger partial charge in [-0.05, 0) is 30.4 Å².